The molecule has 1 amide bonds. The zero-order valence-electron chi connectivity index (χ0n) is 6.60. The molecule has 2 N–H and O–H groups in total. The molecule has 2 aliphatic rings. The maximum atomic E-state index is 11.2. The van der Waals surface area contributed by atoms with E-state index < -0.39 is 11.8 Å². The van der Waals surface area contributed by atoms with Gasteiger partial charge < -0.3 is 15.1 Å². The van der Waals surface area contributed by atoms with E-state index in [1.54, 1.807) is 0 Å². The van der Waals surface area contributed by atoms with Crippen molar-refractivity contribution in [3.63, 3.8) is 0 Å². The second kappa shape index (κ2) is 2.31. The van der Waals surface area contributed by atoms with Crippen LogP contribution in [0.5, 0.6) is 0 Å². The van der Waals surface area contributed by atoms with Crippen LogP contribution in [-0.2, 0) is 4.79 Å². The molecule has 66 valence electrons. The number of hydrogen-bond acceptors (Lipinski definition) is 3. The summed E-state index contributed by atoms with van der Waals surface area (Å²) in [5.41, 5.74) is -0.458. The number of amides is 1. The van der Waals surface area contributed by atoms with Gasteiger partial charge in [-0.1, -0.05) is 0 Å². The fourth-order valence-electron chi connectivity index (χ4n) is 1.60. The number of aliphatic hydroxyl groups excluding tert-OH is 2. The number of rotatable bonds is 2. The van der Waals surface area contributed by atoms with Gasteiger partial charge in [-0.3, -0.25) is 4.79 Å². The zero-order chi connectivity index (χ0) is 8.77. The maximum Gasteiger partial charge on any atom is 0.249 e. The molecule has 0 bridgehead atoms. The van der Waals surface area contributed by atoms with Gasteiger partial charge in [-0.05, 0) is 18.9 Å². The molecule has 4 nitrogen and oxygen atoms in total. The Bertz CT molecular complexity index is 245. The summed E-state index contributed by atoms with van der Waals surface area (Å²) in [7, 11) is 0. The lowest BCUT2D eigenvalue weighted by Gasteiger charge is -2.29. The van der Waals surface area contributed by atoms with Crippen LogP contribution in [0.25, 0.3) is 0 Å². The number of carbonyl (C=O) groups is 1. The molecule has 0 aromatic heterocycles. The second-order valence-corrected chi connectivity index (χ2v) is 3.36. The summed E-state index contributed by atoms with van der Waals surface area (Å²) in [5.74, 6) is -0.200. The molecule has 2 rings (SSSR count). The fourth-order valence-corrected chi connectivity index (χ4v) is 1.60. The van der Waals surface area contributed by atoms with Crippen LogP contribution in [-0.4, -0.2) is 39.4 Å². The van der Waals surface area contributed by atoms with E-state index in [4.69, 9.17) is 5.11 Å². The predicted molar refractivity (Wildman–Crippen MR) is 41.0 cm³/mol. The topological polar surface area (TPSA) is 60.8 Å². The van der Waals surface area contributed by atoms with E-state index >= 15 is 0 Å². The van der Waals surface area contributed by atoms with Crippen LogP contribution in [0.4, 0.5) is 0 Å². The van der Waals surface area contributed by atoms with E-state index in [0.29, 0.717) is 0 Å². The van der Waals surface area contributed by atoms with Gasteiger partial charge in [0.05, 0.1) is 12.1 Å². The van der Waals surface area contributed by atoms with Crippen molar-refractivity contribution in [2.45, 2.75) is 24.6 Å². The summed E-state index contributed by atoms with van der Waals surface area (Å²) >= 11 is 0. The smallest absolute Gasteiger partial charge is 0.249 e. The normalized spacial score (nSPS) is 31.3. The van der Waals surface area contributed by atoms with Crippen molar-refractivity contribution in [3.05, 3.63) is 12.2 Å². The van der Waals surface area contributed by atoms with Crippen molar-refractivity contribution in [1.29, 1.82) is 0 Å². The Balaban J connectivity index is 2.19. The Morgan fingerprint density at radius 2 is 2.33 bits per heavy atom. The first-order valence-corrected chi connectivity index (χ1v) is 4.00. The Morgan fingerprint density at radius 1 is 1.67 bits per heavy atom. The highest BCUT2D eigenvalue weighted by Crippen LogP contribution is 2.43. The quantitative estimate of drug-likeness (QED) is 0.570. The summed E-state index contributed by atoms with van der Waals surface area (Å²) in [6.45, 7) is -0.0581. The molecule has 1 aliphatic heterocycles. The highest BCUT2D eigenvalue weighted by Gasteiger charge is 2.52. The number of aliphatic hydroxyl groups is 2. The van der Waals surface area contributed by atoms with E-state index in [1.165, 1.54) is 17.1 Å². The third-order valence-electron chi connectivity index (χ3n) is 2.55. The van der Waals surface area contributed by atoms with Crippen molar-refractivity contribution in [1.82, 2.24) is 4.90 Å². The number of nitrogens with zero attached hydrogens (tertiary/aromatic N) is 1. The van der Waals surface area contributed by atoms with Crippen molar-refractivity contribution in [2.24, 2.45) is 0 Å². The number of hydrogen-bond donors (Lipinski definition) is 2. The first-order chi connectivity index (χ1) is 5.69. The highest BCUT2D eigenvalue weighted by molar-refractivity contribution is 5.91. The van der Waals surface area contributed by atoms with Crippen molar-refractivity contribution >= 4 is 5.91 Å². The molecular weight excluding hydrogens is 158 g/mol. The van der Waals surface area contributed by atoms with E-state index in [0.717, 1.165) is 12.8 Å². The minimum atomic E-state index is -0.841. The van der Waals surface area contributed by atoms with Crippen LogP contribution in [0, 0.1) is 0 Å². The molecule has 0 spiro atoms. The molecule has 1 atom stereocenters. The van der Waals surface area contributed by atoms with Gasteiger partial charge in [0.25, 0.3) is 0 Å². The van der Waals surface area contributed by atoms with E-state index in [2.05, 4.69) is 0 Å². The molecule has 1 saturated carbocycles. The van der Waals surface area contributed by atoms with Crippen LogP contribution in [0.2, 0.25) is 0 Å². The predicted octanol–water partition coefficient (Wildman–Crippen LogP) is -0.772. The van der Waals surface area contributed by atoms with Crippen molar-refractivity contribution < 1.29 is 15.0 Å². The molecule has 1 heterocycles. The Kier molecular flexibility index (Phi) is 1.49. The van der Waals surface area contributed by atoms with Crippen LogP contribution >= 0.6 is 0 Å². The van der Waals surface area contributed by atoms with Crippen molar-refractivity contribution in [2.75, 3.05) is 6.61 Å². The monoisotopic (exact) mass is 169 g/mol. The molecule has 0 aromatic rings. The molecule has 4 heteroatoms. The van der Waals surface area contributed by atoms with Gasteiger partial charge in [0.1, 0.15) is 6.23 Å². The lowest BCUT2D eigenvalue weighted by atomic mass is 10.2. The highest BCUT2D eigenvalue weighted by atomic mass is 16.3. The largest absolute Gasteiger partial charge is 0.394 e. The Labute approximate surface area is 70.1 Å². The minimum absolute atomic E-state index is 0.0581. The lowest BCUT2D eigenvalue weighted by Crippen LogP contribution is -2.46. The fraction of sp³-hybridized carbons (Fsp3) is 0.625. The summed E-state index contributed by atoms with van der Waals surface area (Å²) in [6.07, 6.45) is 3.52. The summed E-state index contributed by atoms with van der Waals surface area (Å²) < 4.78 is 0. The summed E-state index contributed by atoms with van der Waals surface area (Å²) in [4.78, 5) is 12.6. The summed E-state index contributed by atoms with van der Waals surface area (Å²) in [6, 6.07) is 0. The molecule has 12 heavy (non-hydrogen) atoms. The standard InChI is InChI=1S/C8H11NO3/c10-5-8(3-4-8)9-6(11)1-2-7(9)12/h1-2,6,10-11H,3-5H2. The first kappa shape index (κ1) is 7.76. The Morgan fingerprint density at radius 3 is 2.67 bits per heavy atom. The van der Waals surface area contributed by atoms with Crippen LogP contribution in [0.15, 0.2) is 12.2 Å². The molecule has 1 unspecified atom stereocenters. The average molecular weight is 169 g/mol. The SMILES string of the molecule is O=C1C=CC(O)N1C1(CO)CC1. The Hall–Kier alpha value is -0.870. The van der Waals surface area contributed by atoms with Gasteiger partial charge in [-0.25, -0.2) is 0 Å². The second-order valence-electron chi connectivity index (χ2n) is 3.36. The van der Waals surface area contributed by atoms with Gasteiger partial charge in [0.15, 0.2) is 0 Å². The molecule has 0 aromatic carbocycles. The van der Waals surface area contributed by atoms with E-state index in [-0.39, 0.29) is 12.5 Å². The molecule has 0 radical (unpaired) electrons. The van der Waals surface area contributed by atoms with Crippen LogP contribution < -0.4 is 0 Å². The van der Waals surface area contributed by atoms with Gasteiger partial charge in [0.2, 0.25) is 5.91 Å². The third-order valence-corrected chi connectivity index (χ3v) is 2.55. The van der Waals surface area contributed by atoms with Crippen LogP contribution in [0.3, 0.4) is 0 Å². The molecular formula is C8H11NO3. The van der Waals surface area contributed by atoms with Crippen LogP contribution in [0.1, 0.15) is 12.8 Å². The molecule has 0 saturated heterocycles. The van der Waals surface area contributed by atoms with Gasteiger partial charge >= 0.3 is 0 Å². The maximum absolute atomic E-state index is 11.2. The van der Waals surface area contributed by atoms with Gasteiger partial charge in [-0.15, -0.1) is 0 Å². The lowest BCUT2D eigenvalue weighted by molar-refractivity contribution is -0.137. The van der Waals surface area contributed by atoms with E-state index in [9.17, 15) is 9.90 Å². The minimum Gasteiger partial charge on any atom is -0.394 e. The molecule has 1 aliphatic carbocycles. The van der Waals surface area contributed by atoms with E-state index in [1.807, 2.05) is 0 Å². The molecule has 1 fully saturated rings. The first-order valence-electron chi connectivity index (χ1n) is 4.00. The van der Waals surface area contributed by atoms with Gasteiger partial charge in [0, 0.05) is 6.08 Å². The average Bonchev–Trinajstić information content (AvgIpc) is 2.77. The van der Waals surface area contributed by atoms with Crippen molar-refractivity contribution in [3.8, 4) is 0 Å². The summed E-state index contributed by atoms with van der Waals surface area (Å²) in [5, 5.41) is 18.4. The van der Waals surface area contributed by atoms with Gasteiger partial charge in [-0.2, -0.15) is 0 Å². The zero-order valence-corrected chi connectivity index (χ0v) is 6.60. The number of carbonyl (C=O) groups excluding carboxylic acids is 1. The third kappa shape index (κ3) is 0.884.